The second kappa shape index (κ2) is 14.9. The Morgan fingerprint density at radius 2 is 1.51 bits per heavy atom. The molecule has 1 atom stereocenters. The van der Waals surface area contributed by atoms with E-state index in [0.717, 1.165) is 42.6 Å². The molecule has 5 aromatic rings. The highest BCUT2D eigenvalue weighted by Gasteiger charge is 2.39. The number of aryl methyl sites for hydroxylation is 1. The Kier molecular flexibility index (Phi) is 9.72. The Balaban J connectivity index is 1.21. The van der Waals surface area contributed by atoms with Crippen LogP contribution in [0.15, 0.2) is 183 Å². The lowest BCUT2D eigenvalue weighted by Crippen LogP contribution is -2.20. The third-order valence-electron chi connectivity index (χ3n) is 11.8. The predicted octanol–water partition coefficient (Wildman–Crippen LogP) is 14.0. The molecule has 0 amide bonds. The van der Waals surface area contributed by atoms with E-state index < -0.39 is 0 Å². The fraction of sp³-hybridized carbons (Fsp3) is 0.148. The van der Waals surface area contributed by atoms with Crippen LogP contribution in [-0.2, 0) is 17.3 Å². The van der Waals surface area contributed by atoms with Crippen LogP contribution in [0.2, 0.25) is 0 Å². The summed E-state index contributed by atoms with van der Waals surface area (Å²) in [6.07, 6.45) is 27.7. The summed E-state index contributed by atoms with van der Waals surface area (Å²) in [5, 5.41) is 0. The molecule has 0 radical (unpaired) electrons. The molecule has 0 saturated carbocycles. The fourth-order valence-electron chi connectivity index (χ4n) is 9.07. The Morgan fingerprint density at radius 3 is 2.31 bits per heavy atom. The summed E-state index contributed by atoms with van der Waals surface area (Å²) in [6, 6.07) is 40.0. The van der Waals surface area contributed by atoms with Crippen LogP contribution >= 0.6 is 0 Å². The summed E-state index contributed by atoms with van der Waals surface area (Å²) < 4.78 is 0. The van der Waals surface area contributed by atoms with Gasteiger partial charge in [-0.2, -0.15) is 0 Å². The molecule has 1 heteroatoms. The van der Waals surface area contributed by atoms with Crippen molar-refractivity contribution in [2.45, 2.75) is 50.4 Å². The number of fused-ring (bicyclic) bond motifs is 5. The van der Waals surface area contributed by atoms with Crippen LogP contribution in [-0.4, -0.2) is 0 Å². The highest BCUT2D eigenvalue weighted by molar-refractivity contribution is 5.92. The molecule has 8 rings (SSSR count). The monoisotopic (exact) mass is 711 g/mol. The van der Waals surface area contributed by atoms with Gasteiger partial charge >= 0.3 is 0 Å². The van der Waals surface area contributed by atoms with Crippen molar-refractivity contribution in [3.8, 4) is 11.1 Å². The topological polar surface area (TPSA) is 3.24 Å². The molecule has 0 aliphatic heterocycles. The van der Waals surface area contributed by atoms with E-state index in [2.05, 4.69) is 190 Å². The van der Waals surface area contributed by atoms with Gasteiger partial charge in [-0.1, -0.05) is 191 Å². The second-order valence-electron chi connectivity index (χ2n) is 15.3. The molecule has 0 spiro atoms. The zero-order valence-electron chi connectivity index (χ0n) is 32.1. The van der Waals surface area contributed by atoms with E-state index in [1.807, 2.05) is 18.2 Å². The molecule has 3 aliphatic carbocycles. The molecular weight excluding hydrogens is 663 g/mol. The number of rotatable bonds is 12. The predicted molar refractivity (Wildman–Crippen MR) is 238 cm³/mol. The van der Waals surface area contributed by atoms with Gasteiger partial charge in [-0.05, 0) is 99.0 Å². The average molecular weight is 712 g/mol. The molecule has 0 bridgehead atoms. The van der Waals surface area contributed by atoms with E-state index in [-0.39, 0.29) is 10.8 Å². The van der Waals surface area contributed by atoms with Gasteiger partial charge in [0.1, 0.15) is 0 Å². The fourth-order valence-corrected chi connectivity index (χ4v) is 9.07. The largest absolute Gasteiger partial charge is 0.321 e. The molecule has 3 aliphatic rings. The van der Waals surface area contributed by atoms with Gasteiger partial charge in [-0.25, -0.2) is 0 Å². The minimum Gasteiger partial charge on any atom is -0.321 e. The van der Waals surface area contributed by atoms with Gasteiger partial charge in [-0.15, -0.1) is 0 Å². The highest BCUT2D eigenvalue weighted by atomic mass is 15.1. The number of nitrogens with zero attached hydrogens (tertiary/aromatic N) is 1. The third kappa shape index (κ3) is 6.34. The maximum absolute atomic E-state index is 4.84. The van der Waals surface area contributed by atoms with E-state index in [9.17, 15) is 0 Å². The molecule has 0 aromatic heterocycles. The first-order valence-electron chi connectivity index (χ1n) is 19.5. The lowest BCUT2D eigenvalue weighted by atomic mass is 9.76. The Labute approximate surface area is 328 Å². The van der Waals surface area contributed by atoms with Crippen LogP contribution in [0.4, 0.5) is 5.69 Å². The summed E-state index contributed by atoms with van der Waals surface area (Å²) in [4.78, 5) is 2.35. The van der Waals surface area contributed by atoms with Gasteiger partial charge in [0.2, 0.25) is 0 Å². The molecule has 270 valence electrons. The highest BCUT2D eigenvalue weighted by Crippen LogP contribution is 2.53. The second-order valence-corrected chi connectivity index (χ2v) is 15.3. The molecule has 55 heavy (non-hydrogen) atoms. The van der Waals surface area contributed by atoms with Gasteiger partial charge in [0, 0.05) is 22.9 Å². The SMILES string of the molecule is C=C/C=C\C=C\C1(c2ccccc2)C=C(CCC(=C)N(/C=C/c2ccc3c(c2C=C)C=CCC3)c2cccc3c2-c2ccccc2C3(C)C)c2ccccc21. The summed E-state index contributed by atoms with van der Waals surface area (Å²) in [7, 11) is 0. The molecule has 0 N–H and O–H groups in total. The molecule has 5 aromatic carbocycles. The summed E-state index contributed by atoms with van der Waals surface area (Å²) >= 11 is 0. The minimum absolute atomic E-state index is 0.104. The Morgan fingerprint density at radius 1 is 0.764 bits per heavy atom. The summed E-state index contributed by atoms with van der Waals surface area (Å²) in [6.45, 7) is 17.6. The zero-order chi connectivity index (χ0) is 38.0. The van der Waals surface area contributed by atoms with Crippen LogP contribution in [0.25, 0.3) is 34.9 Å². The number of benzene rings is 5. The molecule has 1 nitrogen and oxygen atoms in total. The smallest absolute Gasteiger partial charge is 0.0577 e. The first kappa shape index (κ1) is 35.8. The number of hydrogen-bond donors (Lipinski definition) is 0. The van der Waals surface area contributed by atoms with Crippen LogP contribution in [0, 0.1) is 0 Å². The standard InChI is InChI=1S/C54H49N/c1-6-8-9-19-36-54(43-22-11-10-12-23-43)38-42(46-25-15-18-28-49(46)54)32-31-39(3)55(37-35-41-34-33-40-21-13-14-24-45(40)44(41)7-2)51-30-20-29-50-52(51)47-26-16-17-27-48(47)53(50,4)5/h6-12,14-20,22-30,33-38H,1-3,13,21,31-32H2,4-5H3/b9-8-,36-19+,37-35+. The lowest BCUT2D eigenvalue weighted by molar-refractivity contribution is 0.660. The molecule has 0 heterocycles. The van der Waals surface area contributed by atoms with Crippen molar-refractivity contribution in [3.63, 3.8) is 0 Å². The quantitative estimate of drug-likeness (QED) is 0.116. The van der Waals surface area contributed by atoms with Crippen LogP contribution in [0.1, 0.15) is 83.2 Å². The van der Waals surface area contributed by atoms with E-state index in [0.29, 0.717) is 0 Å². The van der Waals surface area contributed by atoms with Gasteiger partial charge < -0.3 is 4.90 Å². The number of hydrogen-bond acceptors (Lipinski definition) is 1. The van der Waals surface area contributed by atoms with E-state index >= 15 is 0 Å². The first-order valence-corrected chi connectivity index (χ1v) is 19.5. The zero-order valence-corrected chi connectivity index (χ0v) is 32.1. The van der Waals surface area contributed by atoms with E-state index in [1.165, 1.54) is 61.2 Å². The summed E-state index contributed by atoms with van der Waals surface area (Å²) in [5.74, 6) is 0. The Bertz CT molecular complexity index is 2460. The summed E-state index contributed by atoms with van der Waals surface area (Å²) in [5.41, 5.74) is 17.2. The normalized spacial score (nSPS) is 17.5. The maximum atomic E-state index is 4.84. The lowest BCUT2D eigenvalue weighted by Gasteiger charge is -2.27. The number of anilines is 1. The average Bonchev–Trinajstić information content (AvgIpc) is 3.67. The molecule has 0 fully saturated rings. The molecule has 1 unspecified atom stereocenters. The minimum atomic E-state index is -0.378. The van der Waals surface area contributed by atoms with Crippen LogP contribution in [0.3, 0.4) is 0 Å². The van der Waals surface area contributed by atoms with Crippen molar-refractivity contribution < 1.29 is 0 Å². The third-order valence-corrected chi connectivity index (χ3v) is 11.8. The van der Waals surface area contributed by atoms with Crippen LogP contribution in [0.5, 0.6) is 0 Å². The molecule has 0 saturated heterocycles. The number of allylic oxidation sites excluding steroid dienone is 9. The van der Waals surface area contributed by atoms with Gasteiger partial charge in [-0.3, -0.25) is 0 Å². The van der Waals surface area contributed by atoms with Crippen molar-refractivity contribution in [1.82, 2.24) is 0 Å². The van der Waals surface area contributed by atoms with Crippen molar-refractivity contribution >= 4 is 29.5 Å². The van der Waals surface area contributed by atoms with Crippen molar-refractivity contribution in [2.24, 2.45) is 0 Å². The van der Waals surface area contributed by atoms with Gasteiger partial charge in [0.05, 0.1) is 11.1 Å². The van der Waals surface area contributed by atoms with E-state index in [1.54, 1.807) is 0 Å². The van der Waals surface area contributed by atoms with Crippen molar-refractivity contribution in [1.29, 1.82) is 0 Å². The van der Waals surface area contributed by atoms with Crippen LogP contribution < -0.4 is 4.90 Å². The first-order chi connectivity index (χ1) is 26.9. The van der Waals surface area contributed by atoms with Crippen molar-refractivity contribution in [2.75, 3.05) is 4.90 Å². The van der Waals surface area contributed by atoms with Gasteiger partial charge in [0.25, 0.3) is 0 Å². The van der Waals surface area contributed by atoms with E-state index in [4.69, 9.17) is 6.58 Å². The van der Waals surface area contributed by atoms with Crippen molar-refractivity contribution in [3.05, 3.63) is 233 Å². The molecular formula is C54H49N. The maximum Gasteiger partial charge on any atom is 0.0577 e. The Hall–Kier alpha value is -6.18. The van der Waals surface area contributed by atoms with Gasteiger partial charge in [0.15, 0.2) is 0 Å².